The second-order valence-electron chi connectivity index (χ2n) is 6.08. The summed E-state index contributed by atoms with van der Waals surface area (Å²) in [7, 11) is 0. The number of nitrogens with two attached hydrogens (primary N) is 2. The van der Waals surface area contributed by atoms with E-state index in [1.165, 1.54) is 10.9 Å². The maximum atomic E-state index is 6.23. The molecule has 3 aromatic carbocycles. The lowest BCUT2D eigenvalue weighted by Crippen LogP contribution is -1.99. The quantitative estimate of drug-likeness (QED) is 0.413. The number of anilines is 2. The number of hydrogen-bond donors (Lipinski definition) is 2. The molecule has 1 heterocycles. The number of pyridine rings is 1. The van der Waals surface area contributed by atoms with Crippen molar-refractivity contribution in [2.45, 2.75) is 13.3 Å². The Labute approximate surface area is 140 Å². The molecule has 0 aliphatic rings. The fourth-order valence-electron chi connectivity index (χ4n) is 3.22. The molecule has 0 saturated carbocycles. The highest BCUT2D eigenvalue weighted by molar-refractivity contribution is 6.06. The zero-order chi connectivity index (χ0) is 16.7. The van der Waals surface area contributed by atoms with Crippen molar-refractivity contribution in [1.82, 2.24) is 4.98 Å². The molecule has 4 aromatic rings. The Balaban J connectivity index is 1.96. The van der Waals surface area contributed by atoms with E-state index in [2.05, 4.69) is 42.2 Å². The number of benzene rings is 3. The summed E-state index contributed by atoms with van der Waals surface area (Å²) in [5.41, 5.74) is 17.8. The maximum Gasteiger partial charge on any atom is 0.0708 e. The summed E-state index contributed by atoms with van der Waals surface area (Å²) in [5.74, 6) is 0. The maximum absolute atomic E-state index is 6.23. The van der Waals surface area contributed by atoms with Gasteiger partial charge in [-0.05, 0) is 47.2 Å². The lowest BCUT2D eigenvalue weighted by Gasteiger charge is -2.12. The molecule has 1 aromatic heterocycles. The third-order valence-corrected chi connectivity index (χ3v) is 4.58. The fourth-order valence-corrected chi connectivity index (χ4v) is 3.22. The van der Waals surface area contributed by atoms with Crippen LogP contribution in [-0.2, 0) is 6.42 Å². The van der Waals surface area contributed by atoms with E-state index in [9.17, 15) is 0 Å². The van der Waals surface area contributed by atoms with Gasteiger partial charge in [-0.3, -0.25) is 4.98 Å². The van der Waals surface area contributed by atoms with Gasteiger partial charge in [0.2, 0.25) is 0 Å². The SMILES string of the molecule is CCc1cc(N)c(N)c(-c2ccc3c(cnc4ccccc43)c2)c1. The van der Waals surface area contributed by atoms with Crippen molar-refractivity contribution in [1.29, 1.82) is 0 Å². The summed E-state index contributed by atoms with van der Waals surface area (Å²) in [6, 6.07) is 18.7. The molecule has 4 rings (SSSR count). The molecule has 0 spiro atoms. The fraction of sp³-hybridized carbons (Fsp3) is 0.0952. The van der Waals surface area contributed by atoms with Crippen molar-refractivity contribution in [3.8, 4) is 11.1 Å². The summed E-state index contributed by atoms with van der Waals surface area (Å²) in [4.78, 5) is 4.56. The molecule has 0 aliphatic heterocycles. The highest BCUT2D eigenvalue weighted by atomic mass is 14.7. The molecular weight excluding hydrogens is 294 g/mol. The molecule has 24 heavy (non-hydrogen) atoms. The Bertz CT molecular complexity index is 1070. The van der Waals surface area contributed by atoms with Gasteiger partial charge in [-0.2, -0.15) is 0 Å². The summed E-state index contributed by atoms with van der Waals surface area (Å²) < 4.78 is 0. The van der Waals surface area contributed by atoms with Gasteiger partial charge in [-0.1, -0.05) is 37.3 Å². The van der Waals surface area contributed by atoms with Gasteiger partial charge in [0.1, 0.15) is 0 Å². The van der Waals surface area contributed by atoms with Crippen molar-refractivity contribution in [3.05, 3.63) is 66.4 Å². The topological polar surface area (TPSA) is 64.9 Å². The summed E-state index contributed by atoms with van der Waals surface area (Å²) in [6.45, 7) is 2.12. The monoisotopic (exact) mass is 313 g/mol. The first-order chi connectivity index (χ1) is 11.7. The number of aromatic nitrogens is 1. The van der Waals surface area contributed by atoms with Crippen molar-refractivity contribution in [3.63, 3.8) is 0 Å². The van der Waals surface area contributed by atoms with Crippen molar-refractivity contribution in [2.24, 2.45) is 0 Å². The molecule has 0 fully saturated rings. The number of nitrogen functional groups attached to an aromatic ring is 2. The zero-order valence-corrected chi connectivity index (χ0v) is 13.6. The predicted octanol–water partition coefficient (Wildman–Crippen LogP) is 4.78. The predicted molar refractivity (Wildman–Crippen MR) is 103 cm³/mol. The van der Waals surface area contributed by atoms with Crippen molar-refractivity contribution < 1.29 is 0 Å². The molecule has 118 valence electrons. The number of nitrogens with zero attached hydrogens (tertiary/aromatic N) is 1. The Morgan fingerprint density at radius 3 is 2.58 bits per heavy atom. The van der Waals surface area contributed by atoms with E-state index in [1.807, 2.05) is 30.5 Å². The van der Waals surface area contributed by atoms with E-state index < -0.39 is 0 Å². The molecule has 3 heteroatoms. The van der Waals surface area contributed by atoms with Crippen LogP contribution in [0.3, 0.4) is 0 Å². The largest absolute Gasteiger partial charge is 0.397 e. The standard InChI is InChI=1S/C21H19N3/c1-2-13-9-18(21(23)19(22)10-13)14-7-8-16-15(11-14)12-24-20-6-4-3-5-17(16)20/h3-12H,2,22-23H2,1H3. The molecule has 4 N–H and O–H groups in total. The van der Waals surface area contributed by atoms with Crippen LogP contribution in [0.15, 0.2) is 60.8 Å². The molecule has 0 radical (unpaired) electrons. The van der Waals surface area contributed by atoms with E-state index in [-0.39, 0.29) is 0 Å². The molecule has 0 unspecified atom stereocenters. The highest BCUT2D eigenvalue weighted by Crippen LogP contribution is 2.34. The normalized spacial score (nSPS) is 11.2. The van der Waals surface area contributed by atoms with Crippen molar-refractivity contribution in [2.75, 3.05) is 11.5 Å². The Morgan fingerprint density at radius 2 is 1.75 bits per heavy atom. The molecule has 0 amide bonds. The second kappa shape index (κ2) is 5.53. The van der Waals surface area contributed by atoms with Crippen LogP contribution in [0.2, 0.25) is 0 Å². The van der Waals surface area contributed by atoms with Gasteiger partial charge in [-0.25, -0.2) is 0 Å². The number of aryl methyl sites for hydroxylation is 1. The van der Waals surface area contributed by atoms with Crippen LogP contribution in [0.1, 0.15) is 12.5 Å². The lowest BCUT2D eigenvalue weighted by atomic mass is 9.96. The van der Waals surface area contributed by atoms with Crippen molar-refractivity contribution >= 4 is 33.1 Å². The number of rotatable bonds is 2. The van der Waals surface area contributed by atoms with Crippen LogP contribution in [-0.4, -0.2) is 4.98 Å². The minimum absolute atomic E-state index is 0.639. The smallest absolute Gasteiger partial charge is 0.0708 e. The Morgan fingerprint density at radius 1 is 0.917 bits per heavy atom. The first-order valence-corrected chi connectivity index (χ1v) is 8.13. The number of fused-ring (bicyclic) bond motifs is 3. The average molecular weight is 313 g/mol. The third-order valence-electron chi connectivity index (χ3n) is 4.58. The van der Waals surface area contributed by atoms with Gasteiger partial charge < -0.3 is 11.5 Å². The molecule has 0 atom stereocenters. The van der Waals surface area contributed by atoms with Gasteiger partial charge >= 0.3 is 0 Å². The Kier molecular flexibility index (Phi) is 3.35. The van der Waals surface area contributed by atoms with Crippen LogP contribution in [0.4, 0.5) is 11.4 Å². The molecular formula is C21H19N3. The van der Waals surface area contributed by atoms with Crippen LogP contribution < -0.4 is 11.5 Å². The minimum atomic E-state index is 0.639. The summed E-state index contributed by atoms with van der Waals surface area (Å²) in [5, 5.41) is 3.46. The average Bonchev–Trinajstić information content (AvgIpc) is 2.63. The summed E-state index contributed by atoms with van der Waals surface area (Å²) >= 11 is 0. The molecule has 0 saturated heterocycles. The number of hydrogen-bond acceptors (Lipinski definition) is 3. The van der Waals surface area contributed by atoms with Gasteiger partial charge in [-0.15, -0.1) is 0 Å². The summed E-state index contributed by atoms with van der Waals surface area (Å²) in [6.07, 6.45) is 2.85. The first-order valence-electron chi connectivity index (χ1n) is 8.13. The van der Waals surface area contributed by atoms with E-state index in [4.69, 9.17) is 11.5 Å². The van der Waals surface area contributed by atoms with E-state index in [0.29, 0.717) is 11.4 Å². The van der Waals surface area contributed by atoms with E-state index in [1.54, 1.807) is 0 Å². The lowest BCUT2D eigenvalue weighted by molar-refractivity contribution is 1.14. The Hall–Kier alpha value is -3.07. The molecule has 0 aliphatic carbocycles. The van der Waals surface area contributed by atoms with Gasteiger partial charge in [0.25, 0.3) is 0 Å². The minimum Gasteiger partial charge on any atom is -0.397 e. The third kappa shape index (κ3) is 2.26. The molecule has 3 nitrogen and oxygen atoms in total. The van der Waals surface area contributed by atoms with Gasteiger partial charge in [0, 0.05) is 22.5 Å². The van der Waals surface area contributed by atoms with Crippen LogP contribution in [0, 0.1) is 0 Å². The first kappa shape index (κ1) is 14.5. The highest BCUT2D eigenvalue weighted by Gasteiger charge is 2.09. The zero-order valence-electron chi connectivity index (χ0n) is 13.6. The second-order valence-corrected chi connectivity index (χ2v) is 6.08. The van der Waals surface area contributed by atoms with E-state index in [0.717, 1.165) is 33.8 Å². The van der Waals surface area contributed by atoms with E-state index >= 15 is 0 Å². The van der Waals surface area contributed by atoms with Crippen LogP contribution >= 0.6 is 0 Å². The molecule has 0 bridgehead atoms. The number of para-hydroxylation sites is 1. The van der Waals surface area contributed by atoms with Gasteiger partial charge in [0.15, 0.2) is 0 Å². The van der Waals surface area contributed by atoms with Crippen LogP contribution in [0.25, 0.3) is 32.8 Å². The van der Waals surface area contributed by atoms with Crippen LogP contribution in [0.5, 0.6) is 0 Å². The van der Waals surface area contributed by atoms with Gasteiger partial charge in [0.05, 0.1) is 16.9 Å².